The van der Waals surface area contributed by atoms with Crippen LogP contribution in [0.4, 0.5) is 0 Å². The molecule has 0 spiro atoms. The highest BCUT2D eigenvalue weighted by atomic mass is 79.9. The van der Waals surface area contributed by atoms with Crippen molar-refractivity contribution in [3.63, 3.8) is 0 Å². The van der Waals surface area contributed by atoms with E-state index in [9.17, 15) is 0 Å². The maximum atomic E-state index is 6.30. The van der Waals surface area contributed by atoms with Gasteiger partial charge in [-0.25, -0.2) is 0 Å². The van der Waals surface area contributed by atoms with Crippen LogP contribution in [0.25, 0.3) is 22.6 Å². The first-order valence-electron chi connectivity index (χ1n) is 7.78. The van der Waals surface area contributed by atoms with Crippen molar-refractivity contribution in [1.29, 1.82) is 0 Å². The molecule has 3 N–H and O–H groups in total. The van der Waals surface area contributed by atoms with Gasteiger partial charge >= 0.3 is 0 Å². The second-order valence-corrected chi connectivity index (χ2v) is 7.20. The van der Waals surface area contributed by atoms with E-state index >= 15 is 0 Å². The Morgan fingerprint density at radius 3 is 2.92 bits per heavy atom. The molecule has 3 nitrogen and oxygen atoms in total. The summed E-state index contributed by atoms with van der Waals surface area (Å²) in [6.07, 6.45) is 3.16. The first-order valence-corrected chi connectivity index (χ1v) is 8.95. The summed E-state index contributed by atoms with van der Waals surface area (Å²) in [4.78, 5) is 3.48. The molecule has 4 rings (SSSR count). The van der Waals surface area contributed by atoms with Crippen LogP contribution in [0.1, 0.15) is 16.8 Å². The largest absolute Gasteiger partial charge is 0.491 e. The van der Waals surface area contributed by atoms with Crippen molar-refractivity contribution in [2.45, 2.75) is 6.42 Å². The van der Waals surface area contributed by atoms with Crippen molar-refractivity contribution in [1.82, 2.24) is 4.98 Å². The maximum Gasteiger partial charge on any atom is 0.140 e. The monoisotopic (exact) mass is 402 g/mol. The van der Waals surface area contributed by atoms with Crippen molar-refractivity contribution >= 4 is 50.1 Å². The lowest BCUT2D eigenvalue weighted by atomic mass is 10.1. The van der Waals surface area contributed by atoms with E-state index < -0.39 is 0 Å². The quantitative estimate of drug-likeness (QED) is 0.643. The molecule has 0 aliphatic heterocycles. The summed E-state index contributed by atoms with van der Waals surface area (Å²) in [7, 11) is 0. The van der Waals surface area contributed by atoms with E-state index in [0.29, 0.717) is 23.9 Å². The number of nitrogens with two attached hydrogens (primary N) is 1. The zero-order valence-corrected chi connectivity index (χ0v) is 15.2. The molecule has 0 fully saturated rings. The van der Waals surface area contributed by atoms with Crippen LogP contribution < -0.4 is 10.5 Å². The first-order chi connectivity index (χ1) is 11.6. The van der Waals surface area contributed by atoms with Gasteiger partial charge in [-0.3, -0.25) is 0 Å². The number of hydrogen-bond donors (Lipinski definition) is 2. The molecule has 1 aliphatic rings. The fraction of sp³-hybridized carbons (Fsp3) is 0.158. The molecule has 0 atom stereocenters. The van der Waals surface area contributed by atoms with Crippen LogP contribution in [0.2, 0.25) is 5.02 Å². The number of H-pyrrole nitrogens is 1. The van der Waals surface area contributed by atoms with Crippen LogP contribution in [0.3, 0.4) is 0 Å². The highest BCUT2D eigenvalue weighted by molar-refractivity contribution is 9.10. The van der Waals surface area contributed by atoms with Crippen LogP contribution in [-0.2, 0) is 6.42 Å². The first kappa shape index (κ1) is 15.8. The molecule has 24 heavy (non-hydrogen) atoms. The number of ether oxygens (including phenoxy) is 1. The van der Waals surface area contributed by atoms with E-state index in [-0.39, 0.29) is 0 Å². The fourth-order valence-corrected chi connectivity index (χ4v) is 3.71. The minimum atomic E-state index is 0.453. The molecule has 0 saturated carbocycles. The van der Waals surface area contributed by atoms with Gasteiger partial charge < -0.3 is 15.5 Å². The molecule has 0 radical (unpaired) electrons. The summed E-state index contributed by atoms with van der Waals surface area (Å²) in [6.45, 7) is 0.916. The van der Waals surface area contributed by atoms with Gasteiger partial charge in [0.2, 0.25) is 0 Å². The Labute approximate surface area is 153 Å². The predicted molar refractivity (Wildman–Crippen MR) is 104 cm³/mol. The Bertz CT molecular complexity index is 961. The van der Waals surface area contributed by atoms with E-state index in [0.717, 1.165) is 27.5 Å². The lowest BCUT2D eigenvalue weighted by Gasteiger charge is -2.06. The SMILES string of the molecule is NCCOc1cc2[nH]c(C3=Cc4ccc(Br)cc4C3)cc2cc1Cl. The molecule has 1 aliphatic carbocycles. The number of fused-ring (bicyclic) bond motifs is 2. The molecule has 0 unspecified atom stereocenters. The second kappa shape index (κ2) is 6.28. The lowest BCUT2D eigenvalue weighted by molar-refractivity contribution is 0.329. The topological polar surface area (TPSA) is 51.0 Å². The third-order valence-corrected chi connectivity index (χ3v) is 5.00. The molecule has 0 bridgehead atoms. The molecule has 1 heterocycles. The molecule has 5 heteroatoms. The minimum Gasteiger partial charge on any atom is -0.491 e. The Hall–Kier alpha value is -1.75. The molecule has 0 amide bonds. The van der Waals surface area contributed by atoms with Gasteiger partial charge in [-0.2, -0.15) is 0 Å². The van der Waals surface area contributed by atoms with E-state index in [1.165, 1.54) is 16.7 Å². The summed E-state index contributed by atoms with van der Waals surface area (Å²) in [5.74, 6) is 0.663. The van der Waals surface area contributed by atoms with Gasteiger partial charge in [0.25, 0.3) is 0 Å². The number of benzene rings is 2. The van der Waals surface area contributed by atoms with Gasteiger partial charge in [0.05, 0.1) is 5.02 Å². The average Bonchev–Trinajstić information content (AvgIpc) is 3.15. The van der Waals surface area contributed by atoms with Crippen molar-refractivity contribution in [2.75, 3.05) is 13.2 Å². The number of halogens is 2. The predicted octanol–water partition coefficient (Wildman–Crippen LogP) is 5.02. The van der Waals surface area contributed by atoms with Gasteiger partial charge in [0, 0.05) is 40.1 Å². The zero-order valence-electron chi connectivity index (χ0n) is 12.9. The lowest BCUT2D eigenvalue weighted by Crippen LogP contribution is -2.10. The molecular weight excluding hydrogens is 388 g/mol. The summed E-state index contributed by atoms with van der Waals surface area (Å²) in [5.41, 5.74) is 11.5. The summed E-state index contributed by atoms with van der Waals surface area (Å²) in [5, 5.41) is 1.68. The van der Waals surface area contributed by atoms with E-state index in [1.807, 2.05) is 12.1 Å². The minimum absolute atomic E-state index is 0.453. The number of hydrogen-bond acceptors (Lipinski definition) is 2. The molecule has 3 aromatic rings. The Morgan fingerprint density at radius 2 is 2.08 bits per heavy atom. The van der Waals surface area contributed by atoms with Gasteiger partial charge in [-0.05, 0) is 47.0 Å². The van der Waals surface area contributed by atoms with Crippen LogP contribution in [0.5, 0.6) is 5.75 Å². The van der Waals surface area contributed by atoms with Gasteiger partial charge in [-0.15, -0.1) is 0 Å². The van der Waals surface area contributed by atoms with Gasteiger partial charge in [-0.1, -0.05) is 33.6 Å². The molecular formula is C19H16BrClN2O. The second-order valence-electron chi connectivity index (χ2n) is 5.88. The third-order valence-electron chi connectivity index (χ3n) is 4.21. The van der Waals surface area contributed by atoms with E-state index in [2.05, 4.69) is 51.3 Å². The Kier molecular flexibility index (Phi) is 4.12. The molecule has 1 aromatic heterocycles. The zero-order chi connectivity index (χ0) is 16.7. The highest BCUT2D eigenvalue weighted by Gasteiger charge is 2.16. The third kappa shape index (κ3) is 2.86. The van der Waals surface area contributed by atoms with Crippen LogP contribution in [0, 0.1) is 0 Å². The average molecular weight is 404 g/mol. The normalized spacial score (nSPS) is 13.2. The number of aromatic nitrogens is 1. The van der Waals surface area contributed by atoms with Crippen LogP contribution >= 0.6 is 27.5 Å². The molecule has 2 aromatic carbocycles. The summed E-state index contributed by atoms with van der Waals surface area (Å²) in [6, 6.07) is 12.4. The number of aromatic amines is 1. The summed E-state index contributed by atoms with van der Waals surface area (Å²) >= 11 is 9.84. The van der Waals surface area contributed by atoms with Crippen molar-refractivity contribution < 1.29 is 4.74 Å². The van der Waals surface area contributed by atoms with Crippen LogP contribution in [-0.4, -0.2) is 18.1 Å². The number of nitrogens with one attached hydrogen (secondary N) is 1. The van der Waals surface area contributed by atoms with Crippen molar-refractivity contribution in [3.05, 3.63) is 62.7 Å². The Balaban J connectivity index is 1.69. The van der Waals surface area contributed by atoms with Gasteiger partial charge in [0.15, 0.2) is 0 Å². The maximum absolute atomic E-state index is 6.30. The van der Waals surface area contributed by atoms with E-state index in [4.69, 9.17) is 22.1 Å². The highest BCUT2D eigenvalue weighted by Crippen LogP contribution is 2.36. The van der Waals surface area contributed by atoms with Crippen molar-refractivity contribution in [3.8, 4) is 5.75 Å². The summed E-state index contributed by atoms with van der Waals surface area (Å²) < 4.78 is 6.71. The van der Waals surface area contributed by atoms with Crippen LogP contribution in [0.15, 0.2) is 40.9 Å². The van der Waals surface area contributed by atoms with E-state index in [1.54, 1.807) is 0 Å². The fourth-order valence-electron chi connectivity index (χ4n) is 3.07. The molecule has 0 saturated heterocycles. The molecule has 122 valence electrons. The smallest absolute Gasteiger partial charge is 0.140 e. The van der Waals surface area contributed by atoms with Gasteiger partial charge in [0.1, 0.15) is 12.4 Å². The number of rotatable bonds is 4. The number of allylic oxidation sites excluding steroid dienone is 1. The van der Waals surface area contributed by atoms with Crippen molar-refractivity contribution in [2.24, 2.45) is 5.73 Å². The Morgan fingerprint density at radius 1 is 1.21 bits per heavy atom. The standard InChI is InChI=1S/C19H16BrClN2O/c20-15-2-1-11-5-13(6-12(11)7-15)17-9-14-8-16(21)19(24-4-3-22)10-18(14)23-17/h1-2,5,7-10,23H,3-4,6,22H2.